The van der Waals surface area contributed by atoms with Crippen molar-refractivity contribution in [2.45, 2.75) is 31.9 Å². The zero-order valence-electron chi connectivity index (χ0n) is 21.9. The van der Waals surface area contributed by atoms with Crippen LogP contribution in [0, 0.1) is 11.8 Å². The summed E-state index contributed by atoms with van der Waals surface area (Å²) in [4.78, 5) is 41.1. The first kappa shape index (κ1) is 28.1. The minimum atomic E-state index is -1.83. The molecular formula is C29H35N3O5. The van der Waals surface area contributed by atoms with Crippen LogP contribution < -0.4 is 5.32 Å². The number of nitrogens with zero attached hydrogens (tertiary/aromatic N) is 2. The van der Waals surface area contributed by atoms with Gasteiger partial charge in [-0.1, -0.05) is 24.0 Å². The Kier molecular flexibility index (Phi) is 9.59. The number of hydrogen-bond donors (Lipinski definition) is 2. The topological polar surface area (TPSA) is 99.2 Å². The summed E-state index contributed by atoms with van der Waals surface area (Å²) in [6, 6.07) is 14.9. The number of amides is 2. The number of ketones is 1. The monoisotopic (exact) mass is 505 g/mol. The fourth-order valence-electron chi connectivity index (χ4n) is 4.24. The summed E-state index contributed by atoms with van der Waals surface area (Å²) in [6.45, 7) is 6.31. The van der Waals surface area contributed by atoms with E-state index in [0.717, 1.165) is 48.7 Å². The number of carbonyl (C=O) groups excluding carboxylic acids is 3. The number of rotatable bonds is 8. The Morgan fingerprint density at radius 1 is 1.11 bits per heavy atom. The van der Waals surface area contributed by atoms with E-state index < -0.39 is 29.7 Å². The van der Waals surface area contributed by atoms with Crippen molar-refractivity contribution in [1.29, 1.82) is 0 Å². The SMILES string of the molecule is CNC(=O)[C@@](C)(C(=O)CO)N(C)C(=O)c1ccc(C#Cc2ccc(CCN3CCOC(C)C3)cc2)cc1. The maximum absolute atomic E-state index is 13.0. The van der Waals surface area contributed by atoms with E-state index in [0.29, 0.717) is 5.56 Å². The van der Waals surface area contributed by atoms with Crippen LogP contribution in [0.5, 0.6) is 0 Å². The Balaban J connectivity index is 1.62. The van der Waals surface area contributed by atoms with Gasteiger partial charge in [0.1, 0.15) is 6.61 Å². The molecule has 1 saturated heterocycles. The largest absolute Gasteiger partial charge is 0.388 e. The molecule has 0 saturated carbocycles. The van der Waals surface area contributed by atoms with E-state index >= 15 is 0 Å². The van der Waals surface area contributed by atoms with E-state index in [-0.39, 0.29) is 6.10 Å². The molecule has 1 fully saturated rings. The Hall–Kier alpha value is -3.51. The number of ether oxygens (including phenoxy) is 1. The fourth-order valence-corrected chi connectivity index (χ4v) is 4.24. The van der Waals surface area contributed by atoms with Crippen LogP contribution >= 0.6 is 0 Å². The second kappa shape index (κ2) is 12.6. The van der Waals surface area contributed by atoms with Gasteiger partial charge in [-0.15, -0.1) is 0 Å². The van der Waals surface area contributed by atoms with Crippen LogP contribution in [0.2, 0.25) is 0 Å². The maximum atomic E-state index is 13.0. The van der Waals surface area contributed by atoms with E-state index in [1.807, 2.05) is 12.1 Å². The number of morpholine rings is 1. The molecule has 3 rings (SSSR count). The molecule has 196 valence electrons. The fraction of sp³-hybridized carbons (Fsp3) is 0.414. The average Bonchev–Trinajstić information content (AvgIpc) is 2.93. The molecule has 2 N–H and O–H groups in total. The van der Waals surface area contributed by atoms with Crippen LogP contribution in [0.3, 0.4) is 0 Å². The molecule has 8 heteroatoms. The lowest BCUT2D eigenvalue weighted by Gasteiger charge is -2.35. The molecule has 0 aromatic heterocycles. The number of likely N-dealkylation sites (N-methyl/N-ethyl adjacent to an activating group) is 2. The molecule has 1 aliphatic heterocycles. The van der Waals surface area contributed by atoms with Gasteiger partial charge in [0.2, 0.25) is 0 Å². The summed E-state index contributed by atoms with van der Waals surface area (Å²) in [6.07, 6.45) is 1.27. The number of nitrogens with one attached hydrogen (secondary N) is 1. The molecule has 8 nitrogen and oxygen atoms in total. The third kappa shape index (κ3) is 6.83. The van der Waals surface area contributed by atoms with Gasteiger partial charge in [0.05, 0.1) is 12.7 Å². The van der Waals surface area contributed by atoms with E-state index in [2.05, 4.69) is 41.1 Å². The molecule has 1 heterocycles. The minimum absolute atomic E-state index is 0.290. The quantitative estimate of drug-likeness (QED) is 0.417. The van der Waals surface area contributed by atoms with Gasteiger partial charge in [-0.05, 0) is 62.2 Å². The van der Waals surface area contributed by atoms with E-state index in [4.69, 9.17) is 4.74 Å². The number of hydrogen-bond acceptors (Lipinski definition) is 6. The Labute approximate surface area is 218 Å². The van der Waals surface area contributed by atoms with Crippen molar-refractivity contribution in [2.24, 2.45) is 0 Å². The number of aliphatic hydroxyl groups excluding tert-OH is 1. The zero-order chi connectivity index (χ0) is 27.0. The molecule has 0 radical (unpaired) electrons. The Morgan fingerprint density at radius 2 is 1.70 bits per heavy atom. The van der Waals surface area contributed by atoms with Crippen LogP contribution in [-0.2, 0) is 20.7 Å². The van der Waals surface area contributed by atoms with Crippen LogP contribution in [0.1, 0.15) is 40.9 Å². The molecule has 1 unspecified atom stereocenters. The summed E-state index contributed by atoms with van der Waals surface area (Å²) >= 11 is 0. The Morgan fingerprint density at radius 3 is 2.24 bits per heavy atom. The van der Waals surface area contributed by atoms with Crippen LogP contribution in [-0.4, -0.2) is 91.1 Å². The summed E-state index contributed by atoms with van der Waals surface area (Å²) in [7, 11) is 2.74. The standard InChI is InChI=1S/C29H35N3O5/c1-21-19-32(17-18-37-21)16-15-24-9-7-22(8-10-24)5-6-23-11-13-25(14-12-23)27(35)31(4)29(2,26(34)20-33)28(36)30-3/h7-14,21,33H,15-20H2,1-4H3,(H,30,36)/t21?,29-/m1/s1. The molecule has 2 amide bonds. The van der Waals surface area contributed by atoms with Gasteiger partial charge in [-0.2, -0.15) is 0 Å². The van der Waals surface area contributed by atoms with Gasteiger partial charge in [0.15, 0.2) is 11.3 Å². The first-order valence-corrected chi connectivity index (χ1v) is 12.4. The third-order valence-electron chi connectivity index (χ3n) is 6.81. The molecule has 0 aliphatic carbocycles. The predicted octanol–water partition coefficient (Wildman–Crippen LogP) is 1.49. The maximum Gasteiger partial charge on any atom is 0.254 e. The van der Waals surface area contributed by atoms with Crippen LogP contribution in [0.15, 0.2) is 48.5 Å². The van der Waals surface area contributed by atoms with Gasteiger partial charge < -0.3 is 20.1 Å². The van der Waals surface area contributed by atoms with Crippen molar-refractivity contribution in [1.82, 2.24) is 15.1 Å². The third-order valence-corrected chi connectivity index (χ3v) is 6.81. The van der Waals surface area contributed by atoms with Gasteiger partial charge in [-0.25, -0.2) is 0 Å². The number of benzene rings is 2. The normalized spacial score (nSPS) is 17.2. The zero-order valence-corrected chi connectivity index (χ0v) is 21.9. The van der Waals surface area contributed by atoms with Gasteiger partial charge in [-0.3, -0.25) is 19.3 Å². The number of aliphatic hydroxyl groups is 1. The smallest absolute Gasteiger partial charge is 0.254 e. The van der Waals surface area contributed by atoms with Gasteiger partial charge >= 0.3 is 0 Å². The summed E-state index contributed by atoms with van der Waals surface area (Å²) < 4.78 is 5.60. The van der Waals surface area contributed by atoms with Crippen molar-refractivity contribution in [2.75, 3.05) is 46.9 Å². The molecule has 1 aliphatic rings. The van der Waals surface area contributed by atoms with Crippen LogP contribution in [0.25, 0.3) is 0 Å². The minimum Gasteiger partial charge on any atom is -0.388 e. The van der Waals surface area contributed by atoms with Crippen LogP contribution in [0.4, 0.5) is 0 Å². The molecule has 37 heavy (non-hydrogen) atoms. The van der Waals surface area contributed by atoms with Crippen molar-refractivity contribution in [3.8, 4) is 11.8 Å². The van der Waals surface area contributed by atoms with E-state index in [1.54, 1.807) is 24.3 Å². The lowest BCUT2D eigenvalue weighted by atomic mass is 9.92. The summed E-state index contributed by atoms with van der Waals surface area (Å²) in [5, 5.41) is 11.7. The second-order valence-electron chi connectivity index (χ2n) is 9.35. The van der Waals surface area contributed by atoms with Gasteiger partial charge in [0.25, 0.3) is 11.8 Å². The first-order valence-electron chi connectivity index (χ1n) is 12.4. The van der Waals surface area contributed by atoms with E-state index in [1.165, 1.54) is 26.6 Å². The summed E-state index contributed by atoms with van der Waals surface area (Å²) in [5.74, 6) is 4.28. The van der Waals surface area contributed by atoms with Crippen molar-refractivity contribution < 1.29 is 24.2 Å². The highest BCUT2D eigenvalue weighted by molar-refractivity contribution is 6.14. The highest BCUT2D eigenvalue weighted by atomic mass is 16.5. The Bertz CT molecular complexity index is 1150. The highest BCUT2D eigenvalue weighted by Crippen LogP contribution is 2.19. The number of carbonyl (C=O) groups is 3. The summed E-state index contributed by atoms with van der Waals surface area (Å²) in [5.41, 5.74) is 1.36. The molecule has 2 aromatic rings. The molecule has 0 spiro atoms. The molecule has 2 aromatic carbocycles. The van der Waals surface area contributed by atoms with Gasteiger partial charge in [0, 0.05) is 50.4 Å². The lowest BCUT2D eigenvalue weighted by Crippen LogP contribution is -2.62. The first-order chi connectivity index (χ1) is 17.7. The molecule has 0 bridgehead atoms. The molecular weight excluding hydrogens is 470 g/mol. The highest BCUT2D eigenvalue weighted by Gasteiger charge is 2.46. The lowest BCUT2D eigenvalue weighted by molar-refractivity contribution is -0.143. The van der Waals surface area contributed by atoms with Crippen molar-refractivity contribution in [3.05, 3.63) is 70.8 Å². The van der Waals surface area contributed by atoms with E-state index in [9.17, 15) is 19.5 Å². The number of Topliss-reactive ketones (excluding diaryl/α,β-unsaturated/α-hetero) is 1. The average molecular weight is 506 g/mol. The van der Waals surface area contributed by atoms with Crippen molar-refractivity contribution >= 4 is 17.6 Å². The predicted molar refractivity (Wildman–Crippen MR) is 141 cm³/mol. The second-order valence-corrected chi connectivity index (χ2v) is 9.35. The van der Waals surface area contributed by atoms with Crippen molar-refractivity contribution in [3.63, 3.8) is 0 Å². The molecule has 2 atom stereocenters.